The summed E-state index contributed by atoms with van der Waals surface area (Å²) in [6.07, 6.45) is -4.56. The topological polar surface area (TPSA) is 59.4 Å². The van der Waals surface area contributed by atoms with Crippen molar-refractivity contribution in [1.29, 1.82) is 0 Å². The van der Waals surface area contributed by atoms with E-state index < -0.39 is 17.3 Å². The largest absolute Gasteiger partial charge is 0.416 e. The van der Waals surface area contributed by atoms with Gasteiger partial charge in [0.1, 0.15) is 12.4 Å². The van der Waals surface area contributed by atoms with Crippen molar-refractivity contribution < 1.29 is 17.9 Å². The minimum Gasteiger partial charge on any atom is -0.377 e. The normalized spacial score (nSPS) is 12.2. The molecule has 0 radical (unpaired) electrons. The monoisotopic (exact) mass is 247 g/mol. The first-order valence-electron chi connectivity index (χ1n) is 4.59. The van der Waals surface area contributed by atoms with Gasteiger partial charge in [-0.2, -0.15) is 13.2 Å². The van der Waals surface area contributed by atoms with Gasteiger partial charge in [-0.15, -0.1) is 0 Å². The van der Waals surface area contributed by atoms with Crippen molar-refractivity contribution >= 4 is 5.65 Å². The van der Waals surface area contributed by atoms with Crippen LogP contribution in [-0.2, 0) is 17.5 Å². The summed E-state index contributed by atoms with van der Waals surface area (Å²) in [5.74, 6) is 0.281. The van der Waals surface area contributed by atoms with Gasteiger partial charge in [0.25, 0.3) is 5.56 Å². The fourth-order valence-corrected chi connectivity index (χ4v) is 1.41. The first kappa shape index (κ1) is 11.6. The molecule has 0 fully saturated rings. The molecule has 0 unspecified atom stereocenters. The quantitative estimate of drug-likeness (QED) is 0.867. The van der Waals surface area contributed by atoms with Crippen LogP contribution in [0.3, 0.4) is 0 Å². The lowest BCUT2D eigenvalue weighted by Gasteiger charge is -2.04. The van der Waals surface area contributed by atoms with Gasteiger partial charge < -0.3 is 4.74 Å². The van der Waals surface area contributed by atoms with Gasteiger partial charge in [0.2, 0.25) is 0 Å². The highest BCUT2D eigenvalue weighted by Gasteiger charge is 2.31. The van der Waals surface area contributed by atoms with E-state index in [-0.39, 0.29) is 18.1 Å². The molecular weight excluding hydrogens is 239 g/mol. The molecule has 0 aliphatic rings. The molecule has 2 aromatic heterocycles. The Kier molecular flexibility index (Phi) is 2.66. The van der Waals surface area contributed by atoms with E-state index in [1.165, 1.54) is 7.11 Å². The molecule has 5 nitrogen and oxygen atoms in total. The van der Waals surface area contributed by atoms with Crippen molar-refractivity contribution in [2.45, 2.75) is 12.8 Å². The van der Waals surface area contributed by atoms with E-state index in [4.69, 9.17) is 4.74 Å². The Hall–Kier alpha value is -1.83. The second-order valence-corrected chi connectivity index (χ2v) is 3.38. The van der Waals surface area contributed by atoms with Crippen molar-refractivity contribution in [2.75, 3.05) is 7.11 Å². The Labute approximate surface area is 92.8 Å². The highest BCUT2D eigenvalue weighted by molar-refractivity contribution is 5.41. The summed E-state index contributed by atoms with van der Waals surface area (Å²) in [6.45, 7) is 0.0858. The average Bonchev–Trinajstić information content (AvgIpc) is 2.60. The molecule has 92 valence electrons. The van der Waals surface area contributed by atoms with Crippen LogP contribution in [-0.4, -0.2) is 21.7 Å². The molecule has 1 N–H and O–H groups in total. The highest BCUT2D eigenvalue weighted by atomic mass is 19.4. The summed E-state index contributed by atoms with van der Waals surface area (Å²) < 4.78 is 43.0. The van der Waals surface area contributed by atoms with Crippen LogP contribution in [0.15, 0.2) is 16.9 Å². The molecule has 0 saturated heterocycles. The number of aromatic amines is 1. The van der Waals surface area contributed by atoms with Crippen LogP contribution in [0.5, 0.6) is 0 Å². The molecule has 2 rings (SSSR count). The van der Waals surface area contributed by atoms with Gasteiger partial charge in [0.05, 0.1) is 5.56 Å². The van der Waals surface area contributed by atoms with Crippen LogP contribution in [0, 0.1) is 0 Å². The number of alkyl halides is 3. The maximum atomic E-state index is 12.4. The van der Waals surface area contributed by atoms with Crippen LogP contribution in [0.1, 0.15) is 11.4 Å². The SMILES string of the molecule is COCc1nc2cc(C(F)(F)F)cc(=O)n2[nH]1. The Bertz CT molecular complexity index is 600. The van der Waals surface area contributed by atoms with Gasteiger partial charge >= 0.3 is 6.18 Å². The first-order chi connectivity index (χ1) is 7.91. The van der Waals surface area contributed by atoms with Crippen molar-refractivity contribution in [1.82, 2.24) is 14.6 Å². The van der Waals surface area contributed by atoms with Gasteiger partial charge in [0, 0.05) is 13.2 Å². The highest BCUT2D eigenvalue weighted by Crippen LogP contribution is 2.28. The Morgan fingerprint density at radius 3 is 2.76 bits per heavy atom. The van der Waals surface area contributed by atoms with E-state index in [0.29, 0.717) is 6.07 Å². The minimum atomic E-state index is -4.56. The Morgan fingerprint density at radius 2 is 2.18 bits per heavy atom. The van der Waals surface area contributed by atoms with E-state index in [2.05, 4.69) is 10.1 Å². The standard InChI is InChI=1S/C9H8F3N3O2/c1-17-4-6-13-7-2-5(9(10,11)12)3-8(16)15(7)14-6/h2-3H,4H2,1H3,(H,13,14). The minimum absolute atomic E-state index is 0.0858. The van der Waals surface area contributed by atoms with Crippen molar-refractivity contribution in [3.05, 3.63) is 33.9 Å². The van der Waals surface area contributed by atoms with E-state index in [0.717, 1.165) is 10.6 Å². The summed E-state index contributed by atoms with van der Waals surface area (Å²) >= 11 is 0. The third kappa shape index (κ3) is 2.16. The van der Waals surface area contributed by atoms with Crippen LogP contribution in [0.2, 0.25) is 0 Å². The van der Waals surface area contributed by atoms with E-state index in [1.54, 1.807) is 0 Å². The van der Waals surface area contributed by atoms with E-state index in [1.807, 2.05) is 0 Å². The molecule has 8 heteroatoms. The second-order valence-electron chi connectivity index (χ2n) is 3.38. The van der Waals surface area contributed by atoms with Crippen LogP contribution in [0.4, 0.5) is 13.2 Å². The molecule has 0 aliphatic heterocycles. The molecule has 0 spiro atoms. The molecule has 0 bridgehead atoms. The molecule has 0 amide bonds. The number of nitrogens with one attached hydrogen (secondary N) is 1. The molecular formula is C9H8F3N3O2. The van der Waals surface area contributed by atoms with Crippen molar-refractivity contribution in [3.63, 3.8) is 0 Å². The lowest BCUT2D eigenvalue weighted by Crippen LogP contribution is -2.17. The summed E-state index contributed by atoms with van der Waals surface area (Å²) in [5.41, 5.74) is -1.92. The fourth-order valence-electron chi connectivity index (χ4n) is 1.41. The smallest absolute Gasteiger partial charge is 0.377 e. The molecule has 0 aromatic carbocycles. The lowest BCUT2D eigenvalue weighted by molar-refractivity contribution is -0.137. The number of H-pyrrole nitrogens is 1. The zero-order valence-corrected chi connectivity index (χ0v) is 8.71. The maximum absolute atomic E-state index is 12.4. The molecule has 2 aromatic rings. The summed E-state index contributed by atoms with van der Waals surface area (Å²) in [6, 6.07) is 1.32. The first-order valence-corrected chi connectivity index (χ1v) is 4.59. The molecule has 0 aliphatic carbocycles. The number of pyridine rings is 1. The Balaban J connectivity index is 2.61. The van der Waals surface area contributed by atoms with Crippen molar-refractivity contribution in [2.24, 2.45) is 0 Å². The van der Waals surface area contributed by atoms with Gasteiger partial charge in [-0.3, -0.25) is 9.89 Å². The van der Waals surface area contributed by atoms with Crippen molar-refractivity contribution in [3.8, 4) is 0 Å². The third-order valence-electron chi connectivity index (χ3n) is 2.11. The zero-order chi connectivity index (χ0) is 12.6. The number of rotatable bonds is 2. The van der Waals surface area contributed by atoms with Gasteiger partial charge in [-0.25, -0.2) is 9.50 Å². The number of hydrogen-bond donors (Lipinski definition) is 1. The number of halogens is 3. The van der Waals surface area contributed by atoms with Crippen LogP contribution < -0.4 is 5.56 Å². The summed E-state index contributed by atoms with van der Waals surface area (Å²) in [4.78, 5) is 15.2. The molecule has 0 atom stereocenters. The third-order valence-corrected chi connectivity index (χ3v) is 2.11. The number of nitrogens with zero attached hydrogens (tertiary/aromatic N) is 2. The number of aromatic nitrogens is 3. The second kappa shape index (κ2) is 3.88. The lowest BCUT2D eigenvalue weighted by atomic mass is 10.2. The van der Waals surface area contributed by atoms with E-state index in [9.17, 15) is 18.0 Å². The fraction of sp³-hybridized carbons (Fsp3) is 0.333. The Morgan fingerprint density at radius 1 is 1.47 bits per heavy atom. The number of fused-ring (bicyclic) bond motifs is 1. The zero-order valence-electron chi connectivity index (χ0n) is 8.71. The van der Waals surface area contributed by atoms with Crippen LogP contribution in [0.25, 0.3) is 5.65 Å². The summed E-state index contributed by atoms with van der Waals surface area (Å²) in [5, 5.41) is 2.54. The number of hydrogen-bond acceptors (Lipinski definition) is 3. The van der Waals surface area contributed by atoms with Gasteiger partial charge in [-0.1, -0.05) is 0 Å². The average molecular weight is 247 g/mol. The van der Waals surface area contributed by atoms with Crippen LogP contribution >= 0.6 is 0 Å². The predicted molar refractivity (Wildman–Crippen MR) is 51.5 cm³/mol. The summed E-state index contributed by atoms with van der Waals surface area (Å²) in [7, 11) is 1.41. The van der Waals surface area contributed by atoms with Gasteiger partial charge in [-0.05, 0) is 6.07 Å². The number of methoxy groups -OCH3 is 1. The number of ether oxygens (including phenoxy) is 1. The van der Waals surface area contributed by atoms with E-state index >= 15 is 0 Å². The molecule has 2 heterocycles. The predicted octanol–water partition coefficient (Wildman–Crippen LogP) is 1.19. The maximum Gasteiger partial charge on any atom is 0.416 e. The van der Waals surface area contributed by atoms with Gasteiger partial charge in [0.15, 0.2) is 5.65 Å². The molecule has 17 heavy (non-hydrogen) atoms. The molecule has 0 saturated carbocycles.